The van der Waals surface area contributed by atoms with E-state index in [0.29, 0.717) is 19.5 Å². The minimum Gasteiger partial charge on any atom is -0.406 e. The molecule has 0 unspecified atom stereocenters. The van der Waals surface area contributed by atoms with Crippen LogP contribution in [0.5, 0.6) is 5.75 Å². The summed E-state index contributed by atoms with van der Waals surface area (Å²) in [6.45, 7) is 1.30. The van der Waals surface area contributed by atoms with Crippen LogP contribution >= 0.6 is 0 Å². The van der Waals surface area contributed by atoms with Crippen molar-refractivity contribution in [2.75, 3.05) is 25.0 Å². The number of aromatic nitrogens is 2. The van der Waals surface area contributed by atoms with Crippen molar-refractivity contribution < 1.29 is 22.7 Å². The maximum absolute atomic E-state index is 12.6. The molecule has 2 heterocycles. The molecule has 0 saturated heterocycles. The number of halogens is 3. The van der Waals surface area contributed by atoms with Gasteiger partial charge in [-0.1, -0.05) is 0 Å². The van der Waals surface area contributed by atoms with Gasteiger partial charge in [-0.2, -0.15) is 5.10 Å². The molecule has 1 amide bonds. The number of hydrogen-bond acceptors (Lipinski definition) is 4. The van der Waals surface area contributed by atoms with Gasteiger partial charge in [-0.05, 0) is 36.6 Å². The number of ether oxygens (including phenoxy) is 1. The third kappa shape index (κ3) is 4.93. The summed E-state index contributed by atoms with van der Waals surface area (Å²) >= 11 is 0. The lowest BCUT2D eigenvalue weighted by Crippen LogP contribution is -2.40. The number of nitrogens with zero attached hydrogens (tertiary/aromatic N) is 4. The Morgan fingerprint density at radius 2 is 2.15 bits per heavy atom. The minimum absolute atomic E-state index is 0.0673. The van der Waals surface area contributed by atoms with Crippen molar-refractivity contribution in [2.45, 2.75) is 25.7 Å². The van der Waals surface area contributed by atoms with Crippen LogP contribution in [0.25, 0.3) is 0 Å². The summed E-state index contributed by atoms with van der Waals surface area (Å²) in [5.74, 6) is -0.301. The summed E-state index contributed by atoms with van der Waals surface area (Å²) in [6.07, 6.45) is 0.264. The Morgan fingerprint density at radius 3 is 2.81 bits per heavy atom. The van der Waals surface area contributed by atoms with Crippen LogP contribution in [0.1, 0.15) is 17.5 Å². The molecular formula is C18H21F3N4O2. The molecule has 9 heteroatoms. The van der Waals surface area contributed by atoms with E-state index in [4.69, 9.17) is 0 Å². The van der Waals surface area contributed by atoms with Gasteiger partial charge in [0.05, 0.1) is 12.7 Å². The Hall–Kier alpha value is -2.71. The van der Waals surface area contributed by atoms with E-state index < -0.39 is 6.36 Å². The molecule has 0 saturated carbocycles. The van der Waals surface area contributed by atoms with E-state index >= 15 is 0 Å². The molecule has 0 fully saturated rings. The predicted octanol–water partition coefficient (Wildman–Crippen LogP) is 2.73. The van der Waals surface area contributed by atoms with Crippen LogP contribution in [-0.4, -0.2) is 47.1 Å². The molecule has 27 heavy (non-hydrogen) atoms. The van der Waals surface area contributed by atoms with Crippen LogP contribution in [0, 0.1) is 0 Å². The third-order valence-corrected chi connectivity index (χ3v) is 4.43. The maximum atomic E-state index is 12.6. The molecule has 6 nitrogen and oxygen atoms in total. The molecule has 0 atom stereocenters. The molecule has 2 aromatic rings. The first-order chi connectivity index (χ1) is 12.7. The normalized spacial score (nSPS) is 14.0. The number of benzene rings is 1. The topological polar surface area (TPSA) is 50.6 Å². The van der Waals surface area contributed by atoms with Crippen molar-refractivity contribution >= 4 is 11.6 Å². The fourth-order valence-electron chi connectivity index (χ4n) is 3.21. The molecule has 0 bridgehead atoms. The number of carbonyl (C=O) groups is 1. The average Bonchev–Trinajstić information content (AvgIpc) is 2.98. The Labute approximate surface area is 155 Å². The van der Waals surface area contributed by atoms with Gasteiger partial charge in [-0.15, -0.1) is 13.2 Å². The van der Waals surface area contributed by atoms with Crippen molar-refractivity contribution in [1.29, 1.82) is 0 Å². The van der Waals surface area contributed by atoms with Gasteiger partial charge < -0.3 is 14.5 Å². The summed E-state index contributed by atoms with van der Waals surface area (Å²) in [7, 11) is 3.53. The fourth-order valence-corrected chi connectivity index (χ4v) is 3.21. The number of aryl methyl sites for hydroxylation is 2. The van der Waals surface area contributed by atoms with E-state index in [1.165, 1.54) is 12.1 Å². The first-order valence-corrected chi connectivity index (χ1v) is 8.56. The van der Waals surface area contributed by atoms with Gasteiger partial charge in [0.25, 0.3) is 0 Å². The largest absolute Gasteiger partial charge is 0.573 e. The number of amides is 1. The number of alkyl halides is 3. The second-order valence-electron chi connectivity index (χ2n) is 6.64. The van der Waals surface area contributed by atoms with Gasteiger partial charge in [0.15, 0.2) is 0 Å². The van der Waals surface area contributed by atoms with Crippen molar-refractivity contribution in [1.82, 2.24) is 14.7 Å². The smallest absolute Gasteiger partial charge is 0.406 e. The third-order valence-electron chi connectivity index (χ3n) is 4.43. The van der Waals surface area contributed by atoms with Crippen LogP contribution in [0.2, 0.25) is 0 Å². The number of rotatable bonds is 5. The van der Waals surface area contributed by atoms with E-state index in [2.05, 4.69) is 9.84 Å². The van der Waals surface area contributed by atoms with Crippen molar-refractivity contribution in [3.63, 3.8) is 0 Å². The van der Waals surface area contributed by atoms with Crippen LogP contribution in [0.4, 0.5) is 18.9 Å². The first-order valence-electron chi connectivity index (χ1n) is 8.56. The second-order valence-corrected chi connectivity index (χ2v) is 6.64. The Balaban J connectivity index is 1.67. The maximum Gasteiger partial charge on any atom is 0.573 e. The molecule has 1 aliphatic heterocycles. The first kappa shape index (κ1) is 19.1. The second kappa shape index (κ2) is 7.50. The molecule has 0 N–H and O–H groups in total. The zero-order valence-electron chi connectivity index (χ0n) is 15.2. The summed E-state index contributed by atoms with van der Waals surface area (Å²) in [6, 6.07) is 4.28. The van der Waals surface area contributed by atoms with Gasteiger partial charge in [0.2, 0.25) is 5.91 Å². The number of hydrogen-bond donors (Lipinski definition) is 0. The van der Waals surface area contributed by atoms with Crippen LogP contribution in [0.15, 0.2) is 30.6 Å². The zero-order valence-corrected chi connectivity index (χ0v) is 15.2. The van der Waals surface area contributed by atoms with Crippen LogP contribution in [0.3, 0.4) is 0 Å². The molecule has 1 aromatic heterocycles. The quantitative estimate of drug-likeness (QED) is 0.798. The van der Waals surface area contributed by atoms with Gasteiger partial charge in [0.1, 0.15) is 5.75 Å². The summed E-state index contributed by atoms with van der Waals surface area (Å²) in [5, 5.41) is 4.08. The Kier molecular flexibility index (Phi) is 5.29. The monoisotopic (exact) mass is 382 g/mol. The molecule has 0 spiro atoms. The lowest BCUT2D eigenvalue weighted by molar-refractivity contribution is -0.274. The fraction of sp³-hybridized carbons (Fsp3) is 0.444. The van der Waals surface area contributed by atoms with Gasteiger partial charge in [0, 0.05) is 44.6 Å². The van der Waals surface area contributed by atoms with Crippen molar-refractivity contribution in [3.8, 4) is 5.75 Å². The molecule has 1 aliphatic rings. The van der Waals surface area contributed by atoms with E-state index in [1.54, 1.807) is 28.9 Å². The van der Waals surface area contributed by atoms with E-state index in [9.17, 15) is 18.0 Å². The van der Waals surface area contributed by atoms with Crippen molar-refractivity contribution in [3.05, 3.63) is 41.7 Å². The van der Waals surface area contributed by atoms with Crippen LogP contribution < -0.4 is 9.64 Å². The summed E-state index contributed by atoms with van der Waals surface area (Å²) in [4.78, 5) is 16.1. The zero-order chi connectivity index (χ0) is 19.6. The Morgan fingerprint density at radius 1 is 1.37 bits per heavy atom. The molecule has 3 rings (SSSR count). The molecule has 0 aliphatic carbocycles. The Bertz CT molecular complexity index is 819. The standard InChI is InChI=1S/C18H21F3N4O2/c1-23(10-13-9-22-24(2)11-13)17(26)12-25-7-3-4-14-8-15(5-6-16(14)25)27-18(19,20)21/h5-6,8-9,11H,3-4,7,10,12H2,1-2H3. The highest BCUT2D eigenvalue weighted by molar-refractivity contribution is 5.82. The lowest BCUT2D eigenvalue weighted by atomic mass is 10.0. The summed E-state index contributed by atoms with van der Waals surface area (Å²) in [5.41, 5.74) is 2.46. The number of anilines is 1. The number of likely N-dealkylation sites (N-methyl/N-ethyl adjacent to an activating group) is 1. The molecule has 0 radical (unpaired) electrons. The van der Waals surface area contributed by atoms with Gasteiger partial charge in [-0.3, -0.25) is 9.48 Å². The lowest BCUT2D eigenvalue weighted by Gasteiger charge is -2.32. The van der Waals surface area contributed by atoms with Gasteiger partial charge >= 0.3 is 6.36 Å². The van der Waals surface area contributed by atoms with E-state index in [1.807, 2.05) is 18.1 Å². The average molecular weight is 382 g/mol. The number of carbonyl (C=O) groups excluding carboxylic acids is 1. The highest BCUT2D eigenvalue weighted by atomic mass is 19.4. The molecule has 146 valence electrons. The predicted molar refractivity (Wildman–Crippen MR) is 93.3 cm³/mol. The molecular weight excluding hydrogens is 361 g/mol. The number of fused-ring (bicyclic) bond motifs is 1. The highest BCUT2D eigenvalue weighted by Gasteiger charge is 2.31. The van der Waals surface area contributed by atoms with E-state index in [0.717, 1.165) is 23.2 Å². The van der Waals surface area contributed by atoms with E-state index in [-0.39, 0.29) is 18.2 Å². The van der Waals surface area contributed by atoms with Gasteiger partial charge in [-0.25, -0.2) is 0 Å². The highest BCUT2D eigenvalue weighted by Crippen LogP contribution is 2.32. The van der Waals surface area contributed by atoms with Crippen molar-refractivity contribution in [2.24, 2.45) is 7.05 Å². The van der Waals surface area contributed by atoms with Crippen LogP contribution in [-0.2, 0) is 24.8 Å². The minimum atomic E-state index is -4.71. The molecule has 1 aromatic carbocycles. The SMILES string of the molecule is CN(Cc1cnn(C)c1)C(=O)CN1CCCc2cc(OC(F)(F)F)ccc21. The summed E-state index contributed by atoms with van der Waals surface area (Å²) < 4.78 is 42.9.